The minimum Gasteiger partial charge on any atom is -0.368 e. The molecular formula is C24H30FN3O3S. The molecule has 4 rings (SSSR count). The third-order valence-corrected chi connectivity index (χ3v) is 8.42. The Morgan fingerprint density at radius 2 is 1.47 bits per heavy atom. The van der Waals surface area contributed by atoms with Crippen molar-refractivity contribution in [1.82, 2.24) is 9.21 Å². The summed E-state index contributed by atoms with van der Waals surface area (Å²) < 4.78 is 41.4. The van der Waals surface area contributed by atoms with Gasteiger partial charge in [-0.15, -0.1) is 0 Å². The van der Waals surface area contributed by atoms with Crippen molar-refractivity contribution < 1.29 is 17.6 Å². The number of carbonyl (C=O) groups is 1. The molecule has 0 radical (unpaired) electrons. The first kappa shape index (κ1) is 22.7. The number of sulfonamides is 1. The van der Waals surface area contributed by atoms with Crippen LogP contribution in [0, 0.1) is 12.7 Å². The molecule has 1 amide bonds. The predicted octanol–water partition coefficient (Wildman–Crippen LogP) is 3.66. The number of nitrogens with zero attached hydrogens (tertiary/aromatic N) is 3. The lowest BCUT2D eigenvalue weighted by Gasteiger charge is -2.36. The average Bonchev–Trinajstić information content (AvgIpc) is 3.10. The molecule has 2 saturated heterocycles. The summed E-state index contributed by atoms with van der Waals surface area (Å²) in [4.78, 5) is 17.3. The maximum absolute atomic E-state index is 13.3. The maximum Gasteiger partial charge on any atom is 0.254 e. The number of hydrogen-bond acceptors (Lipinski definition) is 4. The standard InChI is InChI=1S/C24H30FN3O3S/c1-19-6-7-20(18-23(19)32(30,31)28-12-4-2-3-5-13-28)24(29)27-16-14-26(15-17-27)22-10-8-21(25)9-11-22/h6-11,18H,2-5,12-17H2,1H3. The first-order valence-corrected chi connectivity index (χ1v) is 12.7. The number of rotatable bonds is 4. The van der Waals surface area contributed by atoms with Gasteiger partial charge in [0.25, 0.3) is 5.91 Å². The Bertz CT molecular complexity index is 1060. The SMILES string of the molecule is Cc1ccc(C(=O)N2CCN(c3ccc(F)cc3)CC2)cc1S(=O)(=O)N1CCCCCC1. The second kappa shape index (κ2) is 9.58. The van der Waals surface area contributed by atoms with Gasteiger partial charge in [-0.05, 0) is 61.7 Å². The van der Waals surface area contributed by atoms with Crippen LogP contribution in [0.2, 0.25) is 0 Å². The van der Waals surface area contributed by atoms with Gasteiger partial charge < -0.3 is 9.80 Å². The second-order valence-corrected chi connectivity index (χ2v) is 10.5. The van der Waals surface area contributed by atoms with Gasteiger partial charge in [0.15, 0.2) is 0 Å². The van der Waals surface area contributed by atoms with E-state index in [1.54, 1.807) is 46.5 Å². The molecule has 0 aliphatic carbocycles. The van der Waals surface area contributed by atoms with Gasteiger partial charge in [-0.3, -0.25) is 4.79 Å². The molecule has 2 aliphatic heterocycles. The van der Waals surface area contributed by atoms with E-state index in [9.17, 15) is 17.6 Å². The van der Waals surface area contributed by atoms with Crippen molar-refractivity contribution in [2.24, 2.45) is 0 Å². The van der Waals surface area contributed by atoms with Crippen molar-refractivity contribution in [3.63, 3.8) is 0 Å². The minimum absolute atomic E-state index is 0.156. The predicted molar refractivity (Wildman–Crippen MR) is 123 cm³/mol. The highest BCUT2D eigenvalue weighted by Gasteiger charge is 2.29. The third-order valence-electron chi connectivity index (χ3n) is 6.38. The highest BCUT2D eigenvalue weighted by molar-refractivity contribution is 7.89. The van der Waals surface area contributed by atoms with Crippen LogP contribution in [0.1, 0.15) is 41.6 Å². The fourth-order valence-electron chi connectivity index (χ4n) is 4.43. The molecule has 0 saturated carbocycles. The van der Waals surface area contributed by atoms with Gasteiger partial charge in [0.05, 0.1) is 4.90 Å². The number of carbonyl (C=O) groups excluding carboxylic acids is 1. The Kier molecular flexibility index (Phi) is 6.81. The molecule has 0 bridgehead atoms. The number of amides is 1. The van der Waals surface area contributed by atoms with Crippen molar-refractivity contribution in [2.75, 3.05) is 44.2 Å². The van der Waals surface area contributed by atoms with Gasteiger partial charge in [-0.25, -0.2) is 12.8 Å². The molecule has 6 nitrogen and oxygen atoms in total. The lowest BCUT2D eigenvalue weighted by Crippen LogP contribution is -2.48. The van der Waals surface area contributed by atoms with Crippen molar-refractivity contribution in [2.45, 2.75) is 37.5 Å². The second-order valence-electron chi connectivity index (χ2n) is 8.55. The van der Waals surface area contributed by atoms with Crippen molar-refractivity contribution in [3.8, 4) is 0 Å². The molecule has 2 aromatic rings. The first-order valence-electron chi connectivity index (χ1n) is 11.3. The topological polar surface area (TPSA) is 60.9 Å². The van der Waals surface area contributed by atoms with Gasteiger partial charge in [0, 0.05) is 50.5 Å². The molecule has 2 fully saturated rings. The fraction of sp³-hybridized carbons (Fsp3) is 0.458. The van der Waals surface area contributed by atoms with Crippen LogP contribution in [-0.2, 0) is 10.0 Å². The highest BCUT2D eigenvalue weighted by atomic mass is 32.2. The molecule has 0 unspecified atom stereocenters. The Hall–Kier alpha value is -2.45. The lowest BCUT2D eigenvalue weighted by atomic mass is 10.1. The summed E-state index contributed by atoms with van der Waals surface area (Å²) in [7, 11) is -3.63. The summed E-state index contributed by atoms with van der Waals surface area (Å²) in [5.41, 5.74) is 1.99. The molecule has 172 valence electrons. The van der Waals surface area contributed by atoms with Crippen LogP contribution in [0.25, 0.3) is 0 Å². The summed E-state index contributed by atoms with van der Waals surface area (Å²) in [6.45, 7) is 5.18. The van der Waals surface area contributed by atoms with E-state index in [1.807, 2.05) is 0 Å². The van der Waals surface area contributed by atoms with Crippen LogP contribution in [0.5, 0.6) is 0 Å². The third kappa shape index (κ3) is 4.81. The summed E-state index contributed by atoms with van der Waals surface area (Å²) >= 11 is 0. The van der Waals surface area contributed by atoms with Crippen LogP contribution in [0.15, 0.2) is 47.4 Å². The maximum atomic E-state index is 13.3. The summed E-state index contributed by atoms with van der Waals surface area (Å²) in [5, 5.41) is 0. The number of piperazine rings is 1. The van der Waals surface area contributed by atoms with Crippen molar-refractivity contribution >= 4 is 21.6 Å². The number of aryl methyl sites for hydroxylation is 1. The van der Waals surface area contributed by atoms with Gasteiger partial charge in [-0.2, -0.15) is 4.31 Å². The number of hydrogen-bond donors (Lipinski definition) is 0. The zero-order valence-electron chi connectivity index (χ0n) is 18.5. The van der Waals surface area contributed by atoms with Gasteiger partial charge in [-0.1, -0.05) is 18.9 Å². The van der Waals surface area contributed by atoms with Crippen molar-refractivity contribution in [1.29, 1.82) is 0 Å². The molecule has 2 aromatic carbocycles. The summed E-state index contributed by atoms with van der Waals surface area (Å²) in [6, 6.07) is 11.3. The van der Waals surface area contributed by atoms with Crippen LogP contribution in [0.4, 0.5) is 10.1 Å². The average molecular weight is 460 g/mol. The van der Waals surface area contributed by atoms with E-state index < -0.39 is 10.0 Å². The molecule has 2 heterocycles. The van der Waals surface area contributed by atoms with E-state index in [1.165, 1.54) is 12.1 Å². The Morgan fingerprint density at radius 1 is 0.844 bits per heavy atom. The molecule has 0 spiro atoms. The van der Waals surface area contributed by atoms with Gasteiger partial charge in [0.1, 0.15) is 5.82 Å². The van der Waals surface area contributed by atoms with Gasteiger partial charge >= 0.3 is 0 Å². The van der Waals surface area contributed by atoms with Crippen LogP contribution < -0.4 is 4.90 Å². The smallest absolute Gasteiger partial charge is 0.254 e. The number of halogens is 1. The summed E-state index contributed by atoms with van der Waals surface area (Å²) in [6.07, 6.45) is 3.84. The summed E-state index contributed by atoms with van der Waals surface area (Å²) in [5.74, 6) is -0.427. The Balaban J connectivity index is 1.48. The molecule has 0 aromatic heterocycles. The zero-order chi connectivity index (χ0) is 22.7. The molecule has 0 atom stereocenters. The molecule has 2 aliphatic rings. The highest BCUT2D eigenvalue weighted by Crippen LogP contribution is 2.25. The van der Waals surface area contributed by atoms with E-state index in [-0.39, 0.29) is 16.6 Å². The normalized spacial score (nSPS) is 18.4. The first-order chi connectivity index (χ1) is 15.4. The molecule has 32 heavy (non-hydrogen) atoms. The van der Waals surface area contributed by atoms with E-state index in [4.69, 9.17) is 0 Å². The van der Waals surface area contributed by atoms with E-state index in [0.29, 0.717) is 50.4 Å². The van der Waals surface area contributed by atoms with Crippen LogP contribution in [0.3, 0.4) is 0 Å². The molecular weight excluding hydrogens is 429 g/mol. The molecule has 0 N–H and O–H groups in total. The Labute approximate surface area is 189 Å². The van der Waals surface area contributed by atoms with Crippen LogP contribution in [-0.4, -0.2) is 62.8 Å². The minimum atomic E-state index is -3.63. The van der Waals surface area contributed by atoms with E-state index in [0.717, 1.165) is 31.4 Å². The van der Waals surface area contributed by atoms with Crippen molar-refractivity contribution in [3.05, 3.63) is 59.4 Å². The van der Waals surface area contributed by atoms with E-state index in [2.05, 4.69) is 4.90 Å². The largest absolute Gasteiger partial charge is 0.368 e. The molecule has 8 heteroatoms. The zero-order valence-corrected chi connectivity index (χ0v) is 19.3. The fourth-order valence-corrected chi connectivity index (χ4v) is 6.20. The Morgan fingerprint density at radius 3 is 2.09 bits per heavy atom. The van der Waals surface area contributed by atoms with Gasteiger partial charge in [0.2, 0.25) is 10.0 Å². The lowest BCUT2D eigenvalue weighted by molar-refractivity contribution is 0.0746. The number of benzene rings is 2. The monoisotopic (exact) mass is 459 g/mol. The van der Waals surface area contributed by atoms with Crippen LogP contribution >= 0.6 is 0 Å². The van der Waals surface area contributed by atoms with E-state index >= 15 is 0 Å². The quantitative estimate of drug-likeness (QED) is 0.700. The number of anilines is 1.